The summed E-state index contributed by atoms with van der Waals surface area (Å²) >= 11 is 12.5. The van der Waals surface area contributed by atoms with Crippen molar-refractivity contribution in [1.29, 1.82) is 0 Å². The summed E-state index contributed by atoms with van der Waals surface area (Å²) in [6.45, 7) is 0. The first-order valence-corrected chi connectivity index (χ1v) is 10.4. The first-order chi connectivity index (χ1) is 15.7. The fourth-order valence-electron chi connectivity index (χ4n) is 3.51. The molecule has 2 unspecified atom stereocenters. The second kappa shape index (κ2) is 9.35. The van der Waals surface area contributed by atoms with Gasteiger partial charge in [-0.15, -0.1) is 0 Å². The zero-order valence-electron chi connectivity index (χ0n) is 16.6. The Morgan fingerprint density at radius 3 is 2.45 bits per heavy atom. The minimum absolute atomic E-state index is 0.238. The number of amides is 1. The van der Waals surface area contributed by atoms with Crippen LogP contribution in [0, 0.1) is 0 Å². The number of carbonyl (C=O) groups is 2. The lowest BCUT2D eigenvalue weighted by Crippen LogP contribution is -2.61. The number of carboxylic acid groups (broad SMARTS) is 1. The fraction of sp³-hybridized carbons (Fsp3) is 0.286. The maximum atomic E-state index is 12.9. The number of hydrogen-bond donors (Lipinski definition) is 5. The van der Waals surface area contributed by atoms with Gasteiger partial charge in [0, 0.05) is 21.2 Å². The summed E-state index contributed by atoms with van der Waals surface area (Å²) in [6.07, 6.45) is -11.0. The molecule has 2 aromatic rings. The Hall–Kier alpha value is -2.57. The van der Waals surface area contributed by atoms with E-state index in [2.05, 4.69) is 10.3 Å². The number of benzodiazepines with no additional fused rings is 1. The summed E-state index contributed by atoms with van der Waals surface area (Å²) < 4.78 is 10.6. The third-order valence-corrected chi connectivity index (χ3v) is 5.73. The van der Waals surface area contributed by atoms with Gasteiger partial charge >= 0.3 is 5.97 Å². The summed E-state index contributed by atoms with van der Waals surface area (Å²) in [4.78, 5) is 28.6. The van der Waals surface area contributed by atoms with Crippen LogP contribution in [0.5, 0.6) is 0 Å². The highest BCUT2D eigenvalue weighted by Gasteiger charge is 2.48. The normalized spacial score (nSPS) is 29.5. The standard InChI is InChI=1S/C21H18Cl2N2O8/c22-8-5-6-12-10(7-8)13(9-3-1-2-4-11(9)23)25-19(18(29)24-12)33-21-16(28)14(26)15(27)17(32-21)20(30)31/h1-7,14-17,19,21,26-28H,(H,24,29)(H,30,31)/t14-,15-,16+,17-,19?,21?/m0/s1. The number of carboxylic acids is 1. The summed E-state index contributed by atoms with van der Waals surface area (Å²) in [5.74, 6) is -2.35. The lowest BCUT2D eigenvalue weighted by atomic mass is 9.99. The van der Waals surface area contributed by atoms with Gasteiger partial charge in [0.2, 0.25) is 6.23 Å². The fourth-order valence-corrected chi connectivity index (χ4v) is 3.91. The van der Waals surface area contributed by atoms with E-state index >= 15 is 0 Å². The monoisotopic (exact) mass is 496 g/mol. The summed E-state index contributed by atoms with van der Waals surface area (Å²) in [5, 5.41) is 42.7. The molecule has 174 valence electrons. The minimum atomic E-state index is -1.91. The number of rotatable bonds is 4. The molecule has 0 radical (unpaired) electrons. The van der Waals surface area contributed by atoms with Crippen molar-refractivity contribution in [1.82, 2.24) is 0 Å². The smallest absolute Gasteiger partial charge is 0.335 e. The van der Waals surface area contributed by atoms with Crippen LogP contribution in [-0.4, -0.2) is 74.9 Å². The van der Waals surface area contributed by atoms with Gasteiger partial charge in [-0.1, -0.05) is 41.4 Å². The topological polar surface area (TPSA) is 158 Å². The number of ether oxygens (including phenoxy) is 2. The van der Waals surface area contributed by atoms with Crippen LogP contribution in [0.2, 0.25) is 10.0 Å². The molecular formula is C21H18Cl2N2O8. The first kappa shape index (κ1) is 23.6. The van der Waals surface area contributed by atoms with Crippen LogP contribution in [-0.2, 0) is 19.1 Å². The largest absolute Gasteiger partial charge is 0.479 e. The molecule has 2 heterocycles. The van der Waals surface area contributed by atoms with Crippen LogP contribution < -0.4 is 5.32 Å². The van der Waals surface area contributed by atoms with Crippen LogP contribution in [0.15, 0.2) is 47.5 Å². The van der Waals surface area contributed by atoms with Gasteiger partial charge in [-0.3, -0.25) is 4.79 Å². The molecule has 12 heteroatoms. The lowest BCUT2D eigenvalue weighted by molar-refractivity contribution is -0.300. The van der Waals surface area contributed by atoms with E-state index in [1.54, 1.807) is 42.5 Å². The molecule has 1 amide bonds. The Morgan fingerprint density at radius 1 is 1.03 bits per heavy atom. The molecule has 1 fully saturated rings. The predicted molar refractivity (Wildman–Crippen MR) is 116 cm³/mol. The van der Waals surface area contributed by atoms with E-state index in [1.165, 1.54) is 0 Å². The van der Waals surface area contributed by atoms with Crippen LogP contribution in [0.4, 0.5) is 5.69 Å². The van der Waals surface area contributed by atoms with Crippen molar-refractivity contribution in [3.05, 3.63) is 63.6 Å². The molecule has 0 bridgehead atoms. The van der Waals surface area contributed by atoms with Crippen LogP contribution in [0.1, 0.15) is 11.1 Å². The molecule has 0 aromatic heterocycles. The average molecular weight is 497 g/mol. The highest BCUT2D eigenvalue weighted by molar-refractivity contribution is 6.36. The predicted octanol–water partition coefficient (Wildman–Crippen LogP) is 1.02. The molecule has 6 atom stereocenters. The van der Waals surface area contributed by atoms with Gasteiger partial charge in [0.1, 0.15) is 18.3 Å². The van der Waals surface area contributed by atoms with Gasteiger partial charge in [-0.05, 0) is 24.3 Å². The summed E-state index contributed by atoms with van der Waals surface area (Å²) in [6, 6.07) is 11.4. The number of halogens is 2. The average Bonchev–Trinajstić information content (AvgIpc) is 2.90. The quantitative estimate of drug-likeness (QED) is 0.419. The number of aliphatic hydroxyl groups excluding tert-OH is 3. The Bertz CT molecular complexity index is 1130. The molecule has 5 N–H and O–H groups in total. The molecule has 2 aliphatic rings. The second-order valence-electron chi connectivity index (χ2n) is 7.36. The van der Waals surface area contributed by atoms with Crippen LogP contribution >= 0.6 is 23.2 Å². The van der Waals surface area contributed by atoms with Crippen LogP contribution in [0.3, 0.4) is 0 Å². The highest BCUT2D eigenvalue weighted by Crippen LogP contribution is 2.31. The molecule has 0 spiro atoms. The van der Waals surface area contributed by atoms with E-state index in [0.29, 0.717) is 26.9 Å². The molecule has 2 aliphatic heterocycles. The number of nitrogens with zero attached hydrogens (tertiary/aromatic N) is 1. The van der Waals surface area contributed by atoms with Gasteiger partial charge in [0.15, 0.2) is 12.4 Å². The second-order valence-corrected chi connectivity index (χ2v) is 8.20. The van der Waals surface area contributed by atoms with Crippen molar-refractivity contribution in [2.24, 2.45) is 4.99 Å². The van der Waals surface area contributed by atoms with Gasteiger partial charge in [-0.25, -0.2) is 9.79 Å². The third kappa shape index (κ3) is 4.59. The van der Waals surface area contributed by atoms with Gasteiger partial charge in [0.25, 0.3) is 5.91 Å². The number of nitrogens with one attached hydrogen (secondary N) is 1. The van der Waals surface area contributed by atoms with E-state index in [4.69, 9.17) is 32.7 Å². The van der Waals surface area contributed by atoms with Crippen molar-refractivity contribution in [3.8, 4) is 0 Å². The third-order valence-electron chi connectivity index (χ3n) is 5.17. The van der Waals surface area contributed by atoms with E-state index in [0.717, 1.165) is 0 Å². The first-order valence-electron chi connectivity index (χ1n) is 9.69. The molecule has 0 aliphatic carbocycles. The maximum Gasteiger partial charge on any atom is 0.335 e. The molecule has 33 heavy (non-hydrogen) atoms. The molecule has 10 nitrogen and oxygen atoms in total. The molecule has 4 rings (SSSR count). The molecule has 0 saturated carbocycles. The van der Waals surface area contributed by atoms with Crippen molar-refractivity contribution < 1.29 is 39.5 Å². The number of carbonyl (C=O) groups excluding carboxylic acids is 1. The van der Waals surface area contributed by atoms with Crippen molar-refractivity contribution >= 4 is 46.5 Å². The zero-order chi connectivity index (χ0) is 23.9. The number of hydrogen-bond acceptors (Lipinski definition) is 8. The number of anilines is 1. The SMILES string of the molecule is O=C1Nc2ccc(Cl)cc2C(c2ccccc2Cl)=NC1OC1O[C@H](C(=O)O)[C@@H](O)[C@H](O)[C@H]1O. The Labute approximate surface area is 197 Å². The lowest BCUT2D eigenvalue weighted by Gasteiger charge is -2.39. The number of aliphatic hydroxyl groups is 3. The van der Waals surface area contributed by atoms with Crippen molar-refractivity contribution in [3.63, 3.8) is 0 Å². The van der Waals surface area contributed by atoms with Gasteiger partial charge in [-0.2, -0.15) is 0 Å². The van der Waals surface area contributed by atoms with E-state index < -0.39 is 48.8 Å². The number of benzene rings is 2. The molecule has 1 saturated heterocycles. The highest BCUT2D eigenvalue weighted by atomic mass is 35.5. The zero-order valence-corrected chi connectivity index (χ0v) is 18.1. The van der Waals surface area contributed by atoms with Crippen LogP contribution in [0.25, 0.3) is 0 Å². The summed E-state index contributed by atoms with van der Waals surface area (Å²) in [7, 11) is 0. The Morgan fingerprint density at radius 2 is 1.76 bits per heavy atom. The van der Waals surface area contributed by atoms with Crippen molar-refractivity contribution in [2.45, 2.75) is 36.9 Å². The van der Waals surface area contributed by atoms with Crippen molar-refractivity contribution in [2.75, 3.05) is 5.32 Å². The number of aliphatic carboxylic acids is 1. The number of fused-ring (bicyclic) bond motifs is 1. The van der Waals surface area contributed by atoms with E-state index in [1.807, 2.05) is 0 Å². The Balaban J connectivity index is 1.75. The summed E-state index contributed by atoms with van der Waals surface area (Å²) in [5.41, 5.74) is 1.50. The maximum absolute atomic E-state index is 12.9. The van der Waals surface area contributed by atoms with E-state index in [9.17, 15) is 30.0 Å². The molecular weight excluding hydrogens is 479 g/mol. The molecule has 2 aromatic carbocycles. The van der Waals surface area contributed by atoms with E-state index in [-0.39, 0.29) is 5.71 Å². The van der Waals surface area contributed by atoms with Gasteiger partial charge in [0.05, 0.1) is 11.4 Å². The minimum Gasteiger partial charge on any atom is -0.479 e. The Kier molecular flexibility index (Phi) is 6.68. The van der Waals surface area contributed by atoms with Gasteiger partial charge < -0.3 is 35.2 Å². The number of aliphatic imine (C=N–C) groups is 1.